The molecule has 0 saturated carbocycles. The molecule has 0 radical (unpaired) electrons. The van der Waals surface area contributed by atoms with E-state index >= 15 is 0 Å². The van der Waals surface area contributed by atoms with E-state index in [9.17, 15) is 4.79 Å². The van der Waals surface area contributed by atoms with Gasteiger partial charge in [-0.05, 0) is 76.8 Å². The van der Waals surface area contributed by atoms with Gasteiger partial charge in [0.1, 0.15) is 0 Å². The predicted molar refractivity (Wildman–Crippen MR) is 117 cm³/mol. The smallest absolute Gasteiger partial charge is 0.156 e. The number of aryl methyl sites for hydroxylation is 1. The highest BCUT2D eigenvalue weighted by atomic mass is 16.1. The molecule has 0 unspecified atom stereocenters. The van der Waals surface area contributed by atoms with Gasteiger partial charge < -0.3 is 0 Å². The maximum Gasteiger partial charge on any atom is 0.156 e. The second-order valence-corrected chi connectivity index (χ2v) is 8.34. The molecule has 27 heavy (non-hydrogen) atoms. The molecule has 2 aromatic carbocycles. The van der Waals surface area contributed by atoms with Crippen LogP contribution >= 0.6 is 0 Å². The lowest BCUT2D eigenvalue weighted by Crippen LogP contribution is -2.18. The van der Waals surface area contributed by atoms with Crippen LogP contribution in [0.2, 0.25) is 0 Å². The van der Waals surface area contributed by atoms with Gasteiger partial charge in [-0.25, -0.2) is 0 Å². The van der Waals surface area contributed by atoms with Crippen LogP contribution < -0.4 is 0 Å². The SMILES string of the molecule is CCCC(C)(C)c1cc2cc(C3=CC=C(C(C)=O)CC=C3)ccc2cc1C. The van der Waals surface area contributed by atoms with Crippen molar-refractivity contribution in [2.24, 2.45) is 0 Å². The normalized spacial score (nSPS) is 14.7. The molecule has 0 atom stereocenters. The number of rotatable bonds is 5. The van der Waals surface area contributed by atoms with Gasteiger partial charge in [0.15, 0.2) is 5.78 Å². The summed E-state index contributed by atoms with van der Waals surface area (Å²) in [5, 5.41) is 2.57. The van der Waals surface area contributed by atoms with Gasteiger partial charge in [-0.1, -0.05) is 75.8 Å². The quantitative estimate of drug-likeness (QED) is 0.558. The highest BCUT2D eigenvalue weighted by molar-refractivity contribution is 5.95. The van der Waals surface area contributed by atoms with E-state index in [2.05, 4.69) is 76.3 Å². The lowest BCUT2D eigenvalue weighted by atomic mass is 9.77. The van der Waals surface area contributed by atoms with Crippen LogP contribution in [-0.2, 0) is 10.2 Å². The standard InChI is InChI=1S/C26H30O/c1-6-14-26(4,5)25-17-24-16-23(13-12-22(24)15-18(25)2)21-9-7-8-20(10-11-21)19(3)27/h7,9-13,15-17H,6,8,14H2,1-5H3. The number of carbonyl (C=O) groups excluding carboxylic acids is 1. The van der Waals surface area contributed by atoms with Crippen LogP contribution in [0.4, 0.5) is 0 Å². The first-order chi connectivity index (χ1) is 12.8. The van der Waals surface area contributed by atoms with E-state index < -0.39 is 0 Å². The number of ketones is 1. The lowest BCUT2D eigenvalue weighted by molar-refractivity contribution is -0.113. The Morgan fingerprint density at radius 3 is 2.56 bits per heavy atom. The van der Waals surface area contributed by atoms with Gasteiger partial charge in [0, 0.05) is 0 Å². The van der Waals surface area contributed by atoms with E-state index in [0.717, 1.165) is 11.1 Å². The molecule has 140 valence electrons. The Morgan fingerprint density at radius 2 is 1.85 bits per heavy atom. The minimum Gasteiger partial charge on any atom is -0.295 e. The lowest BCUT2D eigenvalue weighted by Gasteiger charge is -2.27. The maximum atomic E-state index is 11.7. The average molecular weight is 359 g/mol. The summed E-state index contributed by atoms with van der Waals surface area (Å²) >= 11 is 0. The molecule has 1 aliphatic carbocycles. The van der Waals surface area contributed by atoms with Gasteiger partial charge in [0.05, 0.1) is 0 Å². The average Bonchev–Trinajstić information content (AvgIpc) is 2.87. The van der Waals surface area contributed by atoms with Crippen molar-refractivity contribution in [3.8, 4) is 0 Å². The van der Waals surface area contributed by atoms with Crippen LogP contribution in [0.3, 0.4) is 0 Å². The van der Waals surface area contributed by atoms with Crippen LogP contribution in [0.5, 0.6) is 0 Å². The number of fused-ring (bicyclic) bond motifs is 1. The van der Waals surface area contributed by atoms with E-state index in [1.165, 1.54) is 40.3 Å². The molecular weight excluding hydrogens is 328 g/mol. The summed E-state index contributed by atoms with van der Waals surface area (Å²) in [4.78, 5) is 11.7. The molecule has 0 saturated heterocycles. The molecule has 0 heterocycles. The molecule has 3 rings (SSSR count). The summed E-state index contributed by atoms with van der Waals surface area (Å²) in [6.45, 7) is 10.8. The van der Waals surface area contributed by atoms with Crippen LogP contribution in [0, 0.1) is 6.92 Å². The summed E-state index contributed by atoms with van der Waals surface area (Å²) in [7, 11) is 0. The third-order valence-electron chi connectivity index (χ3n) is 5.67. The Hall–Kier alpha value is -2.41. The largest absolute Gasteiger partial charge is 0.295 e. The van der Waals surface area contributed by atoms with E-state index in [4.69, 9.17) is 0 Å². The predicted octanol–water partition coefficient (Wildman–Crippen LogP) is 7.08. The molecule has 1 nitrogen and oxygen atoms in total. The van der Waals surface area contributed by atoms with E-state index in [1.807, 2.05) is 6.08 Å². The van der Waals surface area contributed by atoms with E-state index in [-0.39, 0.29) is 11.2 Å². The zero-order chi connectivity index (χ0) is 19.6. The molecule has 1 aliphatic rings. The second kappa shape index (κ2) is 7.68. The summed E-state index contributed by atoms with van der Waals surface area (Å²) in [5.41, 5.74) is 6.21. The zero-order valence-corrected chi connectivity index (χ0v) is 17.2. The number of hydrogen-bond acceptors (Lipinski definition) is 1. The number of carbonyl (C=O) groups is 1. The van der Waals surface area contributed by atoms with Crippen molar-refractivity contribution in [2.75, 3.05) is 0 Å². The first-order valence-corrected chi connectivity index (χ1v) is 9.95. The fourth-order valence-corrected chi connectivity index (χ4v) is 4.16. The highest BCUT2D eigenvalue weighted by Gasteiger charge is 2.22. The molecule has 0 spiro atoms. The van der Waals surface area contributed by atoms with Crippen molar-refractivity contribution in [3.05, 3.63) is 76.9 Å². The maximum absolute atomic E-state index is 11.7. The van der Waals surface area contributed by atoms with Crippen LogP contribution in [-0.4, -0.2) is 5.78 Å². The topological polar surface area (TPSA) is 17.1 Å². The molecule has 0 fully saturated rings. The number of hydrogen-bond donors (Lipinski definition) is 0. The minimum absolute atomic E-state index is 0.147. The molecule has 0 N–H and O–H groups in total. The third kappa shape index (κ3) is 4.13. The molecule has 0 bridgehead atoms. The molecule has 0 aliphatic heterocycles. The second-order valence-electron chi connectivity index (χ2n) is 8.34. The van der Waals surface area contributed by atoms with Crippen LogP contribution in [0.15, 0.2) is 60.2 Å². The molecule has 0 aromatic heterocycles. The Balaban J connectivity index is 2.07. The summed E-state index contributed by atoms with van der Waals surface area (Å²) in [5.74, 6) is 0.147. The van der Waals surface area contributed by atoms with Gasteiger partial charge in [-0.2, -0.15) is 0 Å². The highest BCUT2D eigenvalue weighted by Crippen LogP contribution is 2.34. The fourth-order valence-electron chi connectivity index (χ4n) is 4.16. The molecule has 2 aromatic rings. The van der Waals surface area contributed by atoms with Crippen molar-refractivity contribution >= 4 is 22.1 Å². The van der Waals surface area contributed by atoms with Crippen molar-refractivity contribution in [1.82, 2.24) is 0 Å². The zero-order valence-electron chi connectivity index (χ0n) is 17.2. The monoisotopic (exact) mass is 358 g/mol. The summed E-state index contributed by atoms with van der Waals surface area (Å²) < 4.78 is 0. The van der Waals surface area contributed by atoms with Crippen LogP contribution in [0.1, 0.15) is 63.6 Å². The summed E-state index contributed by atoms with van der Waals surface area (Å²) in [6, 6.07) is 11.4. The van der Waals surface area contributed by atoms with Crippen molar-refractivity contribution < 1.29 is 4.79 Å². The third-order valence-corrected chi connectivity index (χ3v) is 5.67. The Bertz CT molecular complexity index is 967. The fraction of sp³-hybridized carbons (Fsp3) is 0.346. The summed E-state index contributed by atoms with van der Waals surface area (Å²) in [6.07, 6.45) is 11.3. The van der Waals surface area contributed by atoms with Crippen molar-refractivity contribution in [3.63, 3.8) is 0 Å². The van der Waals surface area contributed by atoms with Gasteiger partial charge >= 0.3 is 0 Å². The first-order valence-electron chi connectivity index (χ1n) is 9.95. The van der Waals surface area contributed by atoms with E-state index in [1.54, 1.807) is 6.92 Å². The van der Waals surface area contributed by atoms with Gasteiger partial charge in [-0.3, -0.25) is 4.79 Å². The minimum atomic E-state index is 0.147. The van der Waals surface area contributed by atoms with E-state index in [0.29, 0.717) is 6.42 Å². The molecular formula is C26H30O. The van der Waals surface area contributed by atoms with Crippen molar-refractivity contribution in [2.45, 2.75) is 59.3 Å². The Morgan fingerprint density at radius 1 is 1.07 bits per heavy atom. The Labute approximate surface area is 163 Å². The Kier molecular flexibility index (Phi) is 5.51. The van der Waals surface area contributed by atoms with Gasteiger partial charge in [0.2, 0.25) is 0 Å². The number of benzene rings is 2. The molecule has 0 amide bonds. The van der Waals surface area contributed by atoms with Gasteiger partial charge in [-0.15, -0.1) is 0 Å². The number of Topliss-reactive ketones (excluding diaryl/α,β-unsaturated/α-hetero) is 1. The van der Waals surface area contributed by atoms with Gasteiger partial charge in [0.25, 0.3) is 0 Å². The number of allylic oxidation sites excluding steroid dienone is 6. The molecule has 1 heteroatoms. The first kappa shape index (κ1) is 19.4. The van der Waals surface area contributed by atoms with Crippen molar-refractivity contribution in [1.29, 1.82) is 0 Å². The van der Waals surface area contributed by atoms with Crippen LogP contribution in [0.25, 0.3) is 16.3 Å².